The molecule has 0 bridgehead atoms. The molecule has 0 atom stereocenters. The van der Waals surface area contributed by atoms with Crippen molar-refractivity contribution in [3.63, 3.8) is 0 Å². The molecule has 0 amide bonds. The molecular weight excluding hydrogens is 784 g/mol. The standard InChI is InChI=1S/2C25H23ClN4/c2*26-21-8-6-18(7-9-21)20-15-22(19-4-5-19)23(17-27)24(16-20)29-11-13-30(14-12-29)25-3-1-2-10-28-25/h2*1-3,6-10,15-16,19H,4-5,11-14H2. The molecular formula is C50H46Cl2N8. The minimum Gasteiger partial charge on any atom is -0.367 e. The monoisotopic (exact) mass is 828 g/mol. The second kappa shape index (κ2) is 17.7. The maximum absolute atomic E-state index is 10.0. The fraction of sp³-hybridized carbons (Fsp3) is 0.280. The van der Waals surface area contributed by atoms with Crippen LogP contribution in [-0.2, 0) is 0 Å². The van der Waals surface area contributed by atoms with Crippen molar-refractivity contribution in [2.24, 2.45) is 0 Å². The van der Waals surface area contributed by atoms with Crippen LogP contribution < -0.4 is 19.6 Å². The van der Waals surface area contributed by atoms with Gasteiger partial charge in [0.15, 0.2) is 0 Å². The average molecular weight is 830 g/mol. The number of aromatic nitrogens is 2. The number of hydrogen-bond acceptors (Lipinski definition) is 8. The lowest BCUT2D eigenvalue weighted by molar-refractivity contribution is 0.647. The number of rotatable bonds is 8. The normalized spacial score (nSPS) is 16.4. The molecule has 0 N–H and O–H groups in total. The molecule has 4 aromatic carbocycles. The van der Waals surface area contributed by atoms with Crippen LogP contribution in [-0.4, -0.2) is 62.3 Å². The molecule has 300 valence electrons. The van der Waals surface area contributed by atoms with E-state index in [9.17, 15) is 10.5 Å². The highest BCUT2D eigenvalue weighted by molar-refractivity contribution is 6.31. The van der Waals surface area contributed by atoms with E-state index in [1.807, 2.05) is 60.9 Å². The van der Waals surface area contributed by atoms with Crippen molar-refractivity contribution in [3.05, 3.63) is 154 Å². The lowest BCUT2D eigenvalue weighted by Gasteiger charge is -2.37. The minimum absolute atomic E-state index is 0.514. The number of nitriles is 2. The van der Waals surface area contributed by atoms with Gasteiger partial charge in [0.25, 0.3) is 0 Å². The second-order valence-electron chi connectivity index (χ2n) is 16.0. The van der Waals surface area contributed by atoms with Crippen molar-refractivity contribution in [1.29, 1.82) is 10.5 Å². The van der Waals surface area contributed by atoms with Crippen LogP contribution in [0, 0.1) is 22.7 Å². The van der Waals surface area contributed by atoms with Gasteiger partial charge in [-0.1, -0.05) is 59.6 Å². The van der Waals surface area contributed by atoms with Gasteiger partial charge < -0.3 is 19.6 Å². The first-order valence-electron chi connectivity index (χ1n) is 21.0. The zero-order chi connectivity index (χ0) is 41.0. The van der Waals surface area contributed by atoms with Crippen molar-refractivity contribution in [2.45, 2.75) is 37.5 Å². The molecule has 2 saturated heterocycles. The topological polar surface area (TPSA) is 86.3 Å². The fourth-order valence-corrected chi connectivity index (χ4v) is 8.78. The molecule has 0 unspecified atom stereocenters. The van der Waals surface area contributed by atoms with Crippen LogP contribution in [0.25, 0.3) is 22.3 Å². The smallest absolute Gasteiger partial charge is 0.128 e. The molecule has 2 saturated carbocycles. The number of piperazine rings is 2. The van der Waals surface area contributed by atoms with E-state index in [1.54, 1.807) is 0 Å². The van der Waals surface area contributed by atoms with Gasteiger partial charge in [0.2, 0.25) is 0 Å². The Morgan fingerprint density at radius 2 is 0.817 bits per heavy atom. The van der Waals surface area contributed by atoms with E-state index in [1.165, 1.54) is 36.8 Å². The fourth-order valence-electron chi connectivity index (χ4n) is 8.53. The molecule has 10 rings (SSSR count). The lowest BCUT2D eigenvalue weighted by atomic mass is 9.94. The number of nitrogens with zero attached hydrogens (tertiary/aromatic N) is 8. The molecule has 4 fully saturated rings. The van der Waals surface area contributed by atoms with Crippen molar-refractivity contribution < 1.29 is 0 Å². The predicted molar refractivity (Wildman–Crippen MR) is 244 cm³/mol. The van der Waals surface area contributed by atoms with E-state index in [-0.39, 0.29) is 0 Å². The van der Waals surface area contributed by atoms with E-state index in [0.717, 1.165) is 119 Å². The number of benzene rings is 4. The molecule has 0 spiro atoms. The second-order valence-corrected chi connectivity index (χ2v) is 16.9. The van der Waals surface area contributed by atoms with Crippen LogP contribution in [0.4, 0.5) is 23.0 Å². The molecule has 4 heterocycles. The Hall–Kier alpha value is -6.06. The van der Waals surface area contributed by atoms with E-state index in [4.69, 9.17) is 23.2 Å². The highest BCUT2D eigenvalue weighted by Crippen LogP contribution is 2.47. The zero-order valence-corrected chi connectivity index (χ0v) is 35.0. The van der Waals surface area contributed by atoms with Gasteiger partial charge in [-0.25, -0.2) is 9.97 Å². The molecule has 4 aliphatic rings. The van der Waals surface area contributed by atoms with Gasteiger partial charge in [0.05, 0.1) is 22.5 Å². The van der Waals surface area contributed by atoms with E-state index in [2.05, 4.69) is 102 Å². The maximum Gasteiger partial charge on any atom is 0.128 e. The predicted octanol–water partition coefficient (Wildman–Crippen LogP) is 11.0. The summed E-state index contributed by atoms with van der Waals surface area (Å²) in [5.41, 5.74) is 10.8. The Labute approximate surface area is 362 Å². The van der Waals surface area contributed by atoms with Gasteiger partial charge in [-0.2, -0.15) is 10.5 Å². The van der Waals surface area contributed by atoms with Gasteiger partial charge in [-0.05, 0) is 144 Å². The van der Waals surface area contributed by atoms with Gasteiger partial charge in [0.1, 0.15) is 23.8 Å². The summed E-state index contributed by atoms with van der Waals surface area (Å²) in [5.74, 6) is 3.07. The Bertz CT molecular complexity index is 2330. The molecule has 8 nitrogen and oxygen atoms in total. The molecule has 0 radical (unpaired) electrons. The Balaban J connectivity index is 0.000000154. The van der Waals surface area contributed by atoms with E-state index in [0.29, 0.717) is 11.8 Å². The van der Waals surface area contributed by atoms with Crippen molar-refractivity contribution in [1.82, 2.24) is 9.97 Å². The summed E-state index contributed by atoms with van der Waals surface area (Å²) in [5, 5.41) is 21.5. The molecule has 10 heteroatoms. The largest absolute Gasteiger partial charge is 0.367 e. The minimum atomic E-state index is 0.514. The van der Waals surface area contributed by atoms with Gasteiger partial charge in [-0.15, -0.1) is 0 Å². The summed E-state index contributed by atoms with van der Waals surface area (Å²) in [6, 6.07) is 41.9. The summed E-state index contributed by atoms with van der Waals surface area (Å²) < 4.78 is 0. The summed E-state index contributed by atoms with van der Waals surface area (Å²) in [4.78, 5) is 18.3. The highest BCUT2D eigenvalue weighted by Gasteiger charge is 2.32. The summed E-state index contributed by atoms with van der Waals surface area (Å²) in [7, 11) is 0. The van der Waals surface area contributed by atoms with Gasteiger partial charge >= 0.3 is 0 Å². The van der Waals surface area contributed by atoms with Crippen molar-refractivity contribution >= 4 is 46.2 Å². The third kappa shape index (κ3) is 8.77. The summed E-state index contributed by atoms with van der Waals surface area (Å²) in [6.45, 7) is 7.08. The Kier molecular flexibility index (Phi) is 11.6. The van der Waals surface area contributed by atoms with Crippen molar-refractivity contribution in [3.8, 4) is 34.4 Å². The number of anilines is 4. The summed E-state index contributed by atoms with van der Waals surface area (Å²) >= 11 is 12.2. The van der Waals surface area contributed by atoms with Crippen molar-refractivity contribution in [2.75, 3.05) is 72.0 Å². The molecule has 60 heavy (non-hydrogen) atoms. The first kappa shape index (κ1) is 39.4. The van der Waals surface area contributed by atoms with Gasteiger partial charge in [-0.3, -0.25) is 0 Å². The third-order valence-electron chi connectivity index (χ3n) is 12.1. The quantitative estimate of drug-likeness (QED) is 0.150. The maximum atomic E-state index is 10.0. The van der Waals surface area contributed by atoms with Crippen LogP contribution in [0.3, 0.4) is 0 Å². The van der Waals surface area contributed by atoms with Crippen LogP contribution >= 0.6 is 23.2 Å². The molecule has 2 aliphatic carbocycles. The van der Waals surface area contributed by atoms with Crippen LogP contribution in [0.5, 0.6) is 0 Å². The number of hydrogen-bond donors (Lipinski definition) is 0. The zero-order valence-electron chi connectivity index (χ0n) is 33.5. The third-order valence-corrected chi connectivity index (χ3v) is 12.6. The van der Waals surface area contributed by atoms with Crippen LogP contribution in [0.1, 0.15) is 59.8 Å². The van der Waals surface area contributed by atoms with Crippen LogP contribution in [0.15, 0.2) is 122 Å². The molecule has 6 aromatic rings. The Morgan fingerprint density at radius 1 is 0.450 bits per heavy atom. The average Bonchev–Trinajstić information content (AvgIpc) is 4.25. The van der Waals surface area contributed by atoms with E-state index >= 15 is 0 Å². The lowest BCUT2D eigenvalue weighted by Crippen LogP contribution is -2.47. The van der Waals surface area contributed by atoms with E-state index < -0.39 is 0 Å². The van der Waals surface area contributed by atoms with Gasteiger partial charge in [0, 0.05) is 74.8 Å². The first-order valence-corrected chi connectivity index (χ1v) is 21.7. The Morgan fingerprint density at radius 3 is 1.13 bits per heavy atom. The number of pyridine rings is 2. The molecule has 2 aliphatic heterocycles. The number of halogens is 2. The van der Waals surface area contributed by atoms with Crippen LogP contribution in [0.2, 0.25) is 10.0 Å². The summed E-state index contributed by atoms with van der Waals surface area (Å²) in [6.07, 6.45) is 8.37. The highest BCUT2D eigenvalue weighted by atomic mass is 35.5. The molecule has 2 aromatic heterocycles. The first-order chi connectivity index (χ1) is 29.4. The SMILES string of the molecule is N#Cc1c(C2CC2)cc(-c2ccc(Cl)cc2)cc1N1CCN(c2ccccn2)CC1.N#Cc1c(C2CC2)cc(-c2ccc(Cl)cc2)cc1N1CCN(c2ccccn2)CC1.